The van der Waals surface area contributed by atoms with Gasteiger partial charge in [-0.05, 0) is 56.7 Å². The molecule has 1 fully saturated rings. The van der Waals surface area contributed by atoms with E-state index in [0.717, 1.165) is 61.7 Å². The lowest BCUT2D eigenvalue weighted by molar-refractivity contribution is 0.0531. The van der Waals surface area contributed by atoms with E-state index in [0.29, 0.717) is 39.0 Å². The number of nitrogens with one attached hydrogen (secondary N) is 1. The van der Waals surface area contributed by atoms with Crippen molar-refractivity contribution in [2.24, 2.45) is 5.92 Å². The van der Waals surface area contributed by atoms with Crippen molar-refractivity contribution in [2.45, 2.75) is 44.6 Å². The van der Waals surface area contributed by atoms with E-state index in [1.807, 2.05) is 12.1 Å². The fourth-order valence-corrected chi connectivity index (χ4v) is 6.58. The number of fused-ring (bicyclic) bond motifs is 1. The van der Waals surface area contributed by atoms with E-state index in [-0.39, 0.29) is 13.2 Å². The van der Waals surface area contributed by atoms with E-state index in [1.54, 1.807) is 26.0 Å². The van der Waals surface area contributed by atoms with E-state index in [4.69, 9.17) is 14.7 Å². The summed E-state index contributed by atoms with van der Waals surface area (Å²) in [6, 6.07) is 6.95. The molecule has 3 aromatic rings. The van der Waals surface area contributed by atoms with Crippen LogP contribution >= 0.6 is 11.3 Å². The van der Waals surface area contributed by atoms with Gasteiger partial charge in [-0.25, -0.2) is 18.2 Å². The lowest BCUT2D eigenvalue weighted by atomic mass is 9.97. The molecule has 0 saturated carbocycles. The molecule has 2 aromatic heterocycles. The highest BCUT2D eigenvalue weighted by Crippen LogP contribution is 2.37. The monoisotopic (exact) mass is 586 g/mol. The van der Waals surface area contributed by atoms with Crippen molar-refractivity contribution in [1.29, 1.82) is 0 Å². The molecule has 4 heterocycles. The van der Waals surface area contributed by atoms with Crippen molar-refractivity contribution in [3.8, 4) is 0 Å². The number of carbonyl (C=O) groups excluding carboxylic acids is 1. The highest BCUT2D eigenvalue weighted by Gasteiger charge is 2.30. The minimum atomic E-state index is -3.26. The van der Waals surface area contributed by atoms with Crippen molar-refractivity contribution in [3.05, 3.63) is 46.0 Å². The lowest BCUT2D eigenvalue weighted by Gasteiger charge is -2.33. The van der Waals surface area contributed by atoms with Crippen LogP contribution in [0.25, 0.3) is 0 Å². The number of hydrogen-bond donors (Lipinski definition) is 2. The summed E-state index contributed by atoms with van der Waals surface area (Å²) in [5.74, 6) is 1.98. The molecule has 11 nitrogen and oxygen atoms in total. The topological polar surface area (TPSA) is 138 Å². The molecule has 214 valence electrons. The zero-order chi connectivity index (χ0) is 28.4. The van der Waals surface area contributed by atoms with Crippen molar-refractivity contribution in [3.63, 3.8) is 0 Å². The van der Waals surface area contributed by atoms with Crippen LogP contribution in [0.2, 0.25) is 0 Å². The third-order valence-corrected chi connectivity index (χ3v) is 9.45. The van der Waals surface area contributed by atoms with Crippen LogP contribution in [-0.4, -0.2) is 73.5 Å². The van der Waals surface area contributed by atoms with Crippen LogP contribution in [0.15, 0.2) is 29.2 Å². The molecule has 2 aliphatic rings. The maximum atomic E-state index is 12.3. The molecule has 0 radical (unpaired) electrons. The molecule has 0 unspecified atom stereocenters. The number of carbonyl (C=O) groups is 1. The first kappa shape index (κ1) is 28.2. The first-order valence-corrected chi connectivity index (χ1v) is 16.1. The zero-order valence-corrected chi connectivity index (χ0v) is 24.5. The molecule has 0 bridgehead atoms. The molecule has 0 aliphatic carbocycles. The minimum Gasteiger partial charge on any atom is -0.462 e. The lowest BCUT2D eigenvalue weighted by Crippen LogP contribution is -2.36. The minimum absolute atomic E-state index is 0.195. The number of aryl methyl sites for hydroxylation is 1. The Labute approximate surface area is 238 Å². The van der Waals surface area contributed by atoms with Gasteiger partial charge >= 0.3 is 5.97 Å². The van der Waals surface area contributed by atoms with Crippen molar-refractivity contribution >= 4 is 49.9 Å². The molecule has 0 spiro atoms. The summed E-state index contributed by atoms with van der Waals surface area (Å²) < 4.78 is 28.9. The van der Waals surface area contributed by atoms with Gasteiger partial charge in [0.15, 0.2) is 15.0 Å². The number of aliphatic hydroxyl groups excluding tert-OH is 1. The summed E-state index contributed by atoms with van der Waals surface area (Å²) in [4.78, 5) is 31.8. The highest BCUT2D eigenvalue weighted by atomic mass is 32.2. The average molecular weight is 587 g/mol. The van der Waals surface area contributed by atoms with Gasteiger partial charge in [0.05, 0.1) is 17.2 Å². The fraction of sp³-hybridized carbons (Fsp3) is 0.481. The third-order valence-electron chi connectivity index (χ3n) is 7.27. The SMILES string of the molecule is CCOC(=O)c1sc(Nc2nc(N3CCC(CO)CC3)c3c(n2)N(Cc2ccc(S(C)(=O)=O)cc2)CC3)nc1C. The number of anilines is 4. The highest BCUT2D eigenvalue weighted by molar-refractivity contribution is 7.90. The Morgan fingerprint density at radius 2 is 1.82 bits per heavy atom. The van der Waals surface area contributed by atoms with E-state index in [2.05, 4.69) is 20.1 Å². The molecule has 0 amide bonds. The van der Waals surface area contributed by atoms with Crippen LogP contribution in [0.1, 0.15) is 46.3 Å². The maximum Gasteiger partial charge on any atom is 0.350 e. The summed E-state index contributed by atoms with van der Waals surface area (Å²) in [6.07, 6.45) is 3.77. The van der Waals surface area contributed by atoms with Crippen LogP contribution < -0.4 is 15.1 Å². The Morgan fingerprint density at radius 1 is 1.12 bits per heavy atom. The molecule has 40 heavy (non-hydrogen) atoms. The van der Waals surface area contributed by atoms with Crippen LogP contribution in [0, 0.1) is 12.8 Å². The van der Waals surface area contributed by atoms with Gasteiger partial charge < -0.3 is 19.6 Å². The third kappa shape index (κ3) is 6.06. The van der Waals surface area contributed by atoms with Gasteiger partial charge in [0.25, 0.3) is 0 Å². The standard InChI is InChI=1S/C27H34N6O5S2/c1-4-38-25(35)22-17(2)28-27(39-22)31-26-29-23(32-12-9-19(16-34)10-13-32)21-11-14-33(24(21)30-26)15-18-5-7-20(8-6-18)40(3,36)37/h5-8,19,34H,4,9-16H2,1-3H3,(H,28,29,30,31). The number of piperidine rings is 1. The number of aliphatic hydroxyl groups is 1. The number of thiazole rings is 1. The Bertz CT molecular complexity index is 1480. The van der Waals surface area contributed by atoms with Crippen LogP contribution in [0.3, 0.4) is 0 Å². The molecule has 0 atom stereocenters. The largest absolute Gasteiger partial charge is 0.462 e. The number of aromatic nitrogens is 3. The van der Waals surface area contributed by atoms with Gasteiger partial charge in [0.1, 0.15) is 16.5 Å². The Kier molecular flexibility index (Phi) is 8.24. The molecular weight excluding hydrogens is 552 g/mol. The Hall–Kier alpha value is -3.29. The van der Waals surface area contributed by atoms with Crippen LogP contribution in [-0.2, 0) is 27.5 Å². The number of hydrogen-bond acceptors (Lipinski definition) is 12. The van der Waals surface area contributed by atoms with Gasteiger partial charge in [-0.3, -0.25) is 5.32 Å². The predicted octanol–water partition coefficient (Wildman–Crippen LogP) is 3.34. The number of rotatable bonds is 9. The van der Waals surface area contributed by atoms with Crippen molar-refractivity contribution in [2.75, 3.05) is 54.2 Å². The van der Waals surface area contributed by atoms with Crippen LogP contribution in [0.5, 0.6) is 0 Å². The second-order valence-corrected chi connectivity index (χ2v) is 13.2. The first-order chi connectivity index (χ1) is 19.2. The summed E-state index contributed by atoms with van der Waals surface area (Å²) >= 11 is 1.21. The average Bonchev–Trinajstić information content (AvgIpc) is 3.51. The molecule has 5 rings (SSSR count). The second kappa shape index (κ2) is 11.7. The Balaban J connectivity index is 1.45. The fourth-order valence-electron chi connectivity index (χ4n) is 5.09. The second-order valence-electron chi connectivity index (χ2n) is 10.2. The number of benzene rings is 1. The van der Waals surface area contributed by atoms with Crippen molar-refractivity contribution < 1.29 is 23.1 Å². The molecule has 2 aliphatic heterocycles. The summed E-state index contributed by atoms with van der Waals surface area (Å²) in [6.45, 7) is 6.94. The van der Waals surface area contributed by atoms with E-state index in [1.165, 1.54) is 17.6 Å². The van der Waals surface area contributed by atoms with E-state index >= 15 is 0 Å². The van der Waals surface area contributed by atoms with Gasteiger partial charge in [-0.1, -0.05) is 23.5 Å². The van der Waals surface area contributed by atoms with Gasteiger partial charge in [-0.2, -0.15) is 9.97 Å². The molecule has 1 saturated heterocycles. The Morgan fingerprint density at radius 3 is 2.48 bits per heavy atom. The molecule has 2 N–H and O–H groups in total. The maximum absolute atomic E-state index is 12.3. The van der Waals surface area contributed by atoms with Crippen molar-refractivity contribution in [1.82, 2.24) is 15.0 Å². The predicted molar refractivity (Wildman–Crippen MR) is 154 cm³/mol. The number of nitrogens with zero attached hydrogens (tertiary/aromatic N) is 5. The van der Waals surface area contributed by atoms with Gasteiger partial charge in [-0.15, -0.1) is 0 Å². The number of esters is 1. The summed E-state index contributed by atoms with van der Waals surface area (Å²) in [7, 11) is -3.26. The quantitative estimate of drug-likeness (QED) is 0.357. The van der Waals surface area contributed by atoms with Gasteiger partial charge in [0, 0.05) is 44.6 Å². The van der Waals surface area contributed by atoms with E-state index < -0.39 is 15.8 Å². The molecule has 1 aromatic carbocycles. The smallest absolute Gasteiger partial charge is 0.350 e. The van der Waals surface area contributed by atoms with Gasteiger partial charge in [0.2, 0.25) is 5.95 Å². The summed E-state index contributed by atoms with van der Waals surface area (Å²) in [5.41, 5.74) is 2.63. The molecular formula is C27H34N6O5S2. The summed E-state index contributed by atoms with van der Waals surface area (Å²) in [5, 5.41) is 13.3. The zero-order valence-electron chi connectivity index (χ0n) is 22.9. The first-order valence-electron chi connectivity index (χ1n) is 13.4. The molecule has 13 heteroatoms. The number of sulfone groups is 1. The van der Waals surface area contributed by atoms with E-state index in [9.17, 15) is 18.3 Å². The normalized spacial score (nSPS) is 15.8. The van der Waals surface area contributed by atoms with Crippen LogP contribution in [0.4, 0.5) is 22.7 Å². The number of ether oxygens (including phenoxy) is 1.